The van der Waals surface area contributed by atoms with Gasteiger partial charge in [0.25, 0.3) is 0 Å². The van der Waals surface area contributed by atoms with Crippen molar-refractivity contribution in [3.05, 3.63) is 45.9 Å². The average Bonchev–Trinajstić information content (AvgIpc) is 3.28. The Morgan fingerprint density at radius 3 is 2.84 bits per heavy atom. The van der Waals surface area contributed by atoms with E-state index in [4.69, 9.17) is 4.74 Å². The van der Waals surface area contributed by atoms with Crippen molar-refractivity contribution < 1.29 is 4.74 Å². The minimum atomic E-state index is 0.547. The van der Waals surface area contributed by atoms with E-state index >= 15 is 0 Å². The van der Waals surface area contributed by atoms with Gasteiger partial charge in [-0.25, -0.2) is 4.98 Å². The average molecular weight is 359 g/mol. The van der Waals surface area contributed by atoms with Crippen molar-refractivity contribution in [2.45, 2.75) is 25.7 Å². The molecule has 0 bridgehead atoms. The maximum absolute atomic E-state index is 5.25. The molecule has 1 aromatic carbocycles. The van der Waals surface area contributed by atoms with Gasteiger partial charge in [-0.1, -0.05) is 12.1 Å². The Labute approximate surface area is 153 Å². The summed E-state index contributed by atoms with van der Waals surface area (Å²) < 4.78 is 5.25. The molecule has 5 nitrogen and oxygen atoms in total. The number of aromatic nitrogens is 1. The van der Waals surface area contributed by atoms with Gasteiger partial charge < -0.3 is 15.0 Å². The molecule has 0 aliphatic carbocycles. The van der Waals surface area contributed by atoms with Gasteiger partial charge in [0.05, 0.1) is 12.1 Å². The van der Waals surface area contributed by atoms with Gasteiger partial charge in [-0.2, -0.15) is 0 Å². The molecule has 1 saturated heterocycles. The third-order valence-corrected chi connectivity index (χ3v) is 5.55. The van der Waals surface area contributed by atoms with Gasteiger partial charge in [0.1, 0.15) is 5.75 Å². The van der Waals surface area contributed by atoms with Crippen LogP contribution in [0.4, 0.5) is 0 Å². The van der Waals surface area contributed by atoms with Gasteiger partial charge >= 0.3 is 0 Å². The molecule has 0 radical (unpaired) electrons. The van der Waals surface area contributed by atoms with Crippen LogP contribution in [0.15, 0.2) is 35.5 Å². The molecule has 1 aliphatic heterocycles. The van der Waals surface area contributed by atoms with Crippen LogP contribution < -0.4 is 10.1 Å². The van der Waals surface area contributed by atoms with Crippen molar-refractivity contribution in [3.8, 4) is 5.75 Å². The van der Waals surface area contributed by atoms with Gasteiger partial charge in [0, 0.05) is 50.1 Å². The molecule has 1 N–H and O–H groups in total. The number of nitrogens with zero attached hydrogens (tertiary/aromatic N) is 3. The Balaban J connectivity index is 1.52. The smallest absolute Gasteiger partial charge is 0.193 e. The van der Waals surface area contributed by atoms with Crippen LogP contribution in [0.1, 0.15) is 27.8 Å². The van der Waals surface area contributed by atoms with Crippen molar-refractivity contribution in [1.82, 2.24) is 15.2 Å². The van der Waals surface area contributed by atoms with Gasteiger partial charge in [-0.3, -0.25) is 4.99 Å². The van der Waals surface area contributed by atoms with E-state index in [-0.39, 0.29) is 0 Å². The Bertz CT molecular complexity index is 710. The summed E-state index contributed by atoms with van der Waals surface area (Å²) >= 11 is 1.77. The molecule has 1 aromatic heterocycles. The molecule has 0 amide bonds. The van der Waals surface area contributed by atoms with Crippen molar-refractivity contribution in [2.75, 3.05) is 33.8 Å². The predicted octanol–water partition coefficient (Wildman–Crippen LogP) is 3.07. The topological polar surface area (TPSA) is 49.8 Å². The lowest BCUT2D eigenvalue weighted by Gasteiger charge is -2.21. The molecule has 134 valence electrons. The zero-order chi connectivity index (χ0) is 17.6. The fraction of sp³-hybridized carbons (Fsp3) is 0.474. The van der Waals surface area contributed by atoms with E-state index in [9.17, 15) is 0 Å². The Kier molecular flexibility index (Phi) is 5.91. The van der Waals surface area contributed by atoms with Crippen molar-refractivity contribution in [1.29, 1.82) is 0 Å². The van der Waals surface area contributed by atoms with E-state index in [2.05, 4.69) is 39.2 Å². The highest BCUT2D eigenvalue weighted by Crippen LogP contribution is 2.28. The number of nitrogens with one attached hydrogen (secondary N) is 1. The third kappa shape index (κ3) is 4.51. The second-order valence-electron chi connectivity index (χ2n) is 6.29. The van der Waals surface area contributed by atoms with Gasteiger partial charge in [0.2, 0.25) is 0 Å². The fourth-order valence-electron chi connectivity index (χ4n) is 3.23. The zero-order valence-electron chi connectivity index (χ0n) is 15.2. The number of thiazole rings is 1. The number of hydrogen-bond acceptors (Lipinski definition) is 4. The molecule has 25 heavy (non-hydrogen) atoms. The van der Waals surface area contributed by atoms with Gasteiger partial charge in [-0.05, 0) is 31.0 Å². The summed E-state index contributed by atoms with van der Waals surface area (Å²) in [5.41, 5.74) is 1.37. The van der Waals surface area contributed by atoms with Crippen molar-refractivity contribution in [3.63, 3.8) is 0 Å². The van der Waals surface area contributed by atoms with E-state index in [1.165, 1.54) is 15.4 Å². The number of guanidine groups is 1. The highest BCUT2D eigenvalue weighted by molar-refractivity contribution is 7.11. The molecule has 3 rings (SSSR count). The normalized spacial score (nSPS) is 17.8. The Hall–Kier alpha value is -2.08. The molecule has 1 aliphatic rings. The van der Waals surface area contributed by atoms with Crippen LogP contribution in [0.25, 0.3) is 0 Å². The number of aliphatic imine (C=N–C) groups is 1. The summed E-state index contributed by atoms with van der Waals surface area (Å²) in [6, 6.07) is 8.43. The first kappa shape index (κ1) is 17.7. The molecular formula is C19H26N4OS. The van der Waals surface area contributed by atoms with E-state index in [0.717, 1.165) is 44.2 Å². The maximum atomic E-state index is 5.25. The largest absolute Gasteiger partial charge is 0.497 e. The van der Waals surface area contributed by atoms with Crippen LogP contribution in [-0.2, 0) is 6.42 Å². The first-order valence-corrected chi connectivity index (χ1v) is 9.52. The highest BCUT2D eigenvalue weighted by Gasteiger charge is 2.25. The molecule has 0 saturated carbocycles. The molecule has 6 heteroatoms. The summed E-state index contributed by atoms with van der Waals surface area (Å²) in [6.07, 6.45) is 4.03. The molecule has 1 fully saturated rings. The van der Waals surface area contributed by atoms with Crippen LogP contribution in [0.5, 0.6) is 5.75 Å². The van der Waals surface area contributed by atoms with Crippen LogP contribution in [0.2, 0.25) is 0 Å². The minimum absolute atomic E-state index is 0.547. The molecule has 2 heterocycles. The standard InChI is InChI=1S/C19H26N4OS/c1-14-12-22-18(25-14)8-10-21-19(20-2)23-11-9-16(13-23)15-4-6-17(24-3)7-5-15/h4-7,12,16H,8-11,13H2,1-3H3,(H,20,21). The third-order valence-electron chi connectivity index (χ3n) is 4.58. The quantitative estimate of drug-likeness (QED) is 0.659. The maximum Gasteiger partial charge on any atom is 0.193 e. The molecular weight excluding hydrogens is 332 g/mol. The van der Waals surface area contributed by atoms with Crippen molar-refractivity contribution >= 4 is 17.3 Å². The lowest BCUT2D eigenvalue weighted by molar-refractivity contribution is 0.414. The fourth-order valence-corrected chi connectivity index (χ4v) is 4.02. The lowest BCUT2D eigenvalue weighted by Crippen LogP contribution is -2.40. The zero-order valence-corrected chi connectivity index (χ0v) is 16.0. The minimum Gasteiger partial charge on any atom is -0.497 e. The summed E-state index contributed by atoms with van der Waals surface area (Å²) in [5, 5.41) is 4.66. The molecule has 2 aromatic rings. The van der Waals surface area contributed by atoms with Crippen LogP contribution >= 0.6 is 11.3 Å². The monoisotopic (exact) mass is 358 g/mol. The first-order chi connectivity index (χ1) is 12.2. The Morgan fingerprint density at radius 2 is 2.20 bits per heavy atom. The van der Waals surface area contributed by atoms with Gasteiger partial charge in [-0.15, -0.1) is 11.3 Å². The van der Waals surface area contributed by atoms with E-state index < -0.39 is 0 Å². The summed E-state index contributed by atoms with van der Waals surface area (Å²) in [4.78, 5) is 12.5. The van der Waals surface area contributed by atoms with Crippen molar-refractivity contribution in [2.24, 2.45) is 4.99 Å². The van der Waals surface area contributed by atoms with Crippen LogP contribution in [-0.4, -0.2) is 49.6 Å². The number of rotatable bonds is 5. The van der Waals surface area contributed by atoms with Crippen LogP contribution in [0.3, 0.4) is 0 Å². The Morgan fingerprint density at radius 1 is 1.40 bits per heavy atom. The van der Waals surface area contributed by atoms with E-state index in [0.29, 0.717) is 5.92 Å². The highest BCUT2D eigenvalue weighted by atomic mass is 32.1. The lowest BCUT2D eigenvalue weighted by atomic mass is 9.98. The van der Waals surface area contributed by atoms with E-state index in [1.807, 2.05) is 25.4 Å². The molecule has 0 spiro atoms. The number of ether oxygens (including phenoxy) is 1. The molecule has 1 unspecified atom stereocenters. The number of likely N-dealkylation sites (tertiary alicyclic amines) is 1. The SMILES string of the molecule is CN=C(NCCc1ncc(C)s1)N1CCC(c2ccc(OC)cc2)C1. The summed E-state index contributed by atoms with van der Waals surface area (Å²) in [7, 11) is 3.56. The number of aryl methyl sites for hydroxylation is 1. The summed E-state index contributed by atoms with van der Waals surface area (Å²) in [6.45, 7) is 5.00. The predicted molar refractivity (Wildman–Crippen MR) is 104 cm³/mol. The second kappa shape index (κ2) is 8.34. The number of benzene rings is 1. The first-order valence-electron chi connectivity index (χ1n) is 8.70. The second-order valence-corrected chi connectivity index (χ2v) is 7.61. The number of hydrogen-bond donors (Lipinski definition) is 1. The van der Waals surface area contributed by atoms with Gasteiger partial charge in [0.15, 0.2) is 5.96 Å². The van der Waals surface area contributed by atoms with E-state index in [1.54, 1.807) is 18.4 Å². The summed E-state index contributed by atoms with van der Waals surface area (Å²) in [5.74, 6) is 2.45. The number of methoxy groups -OCH3 is 1. The van der Waals surface area contributed by atoms with Crippen LogP contribution in [0, 0.1) is 6.92 Å². The molecule has 1 atom stereocenters.